The number of amides is 1. The average molecular weight is 476 g/mol. The van der Waals surface area contributed by atoms with Gasteiger partial charge in [-0.2, -0.15) is 5.10 Å². The SMILES string of the molecule is CC(=O)N1N=C(c2cc(F)ccc2F)C[C@@]1(CCCN1CCS(=O)(=O)CC1)c1ccccc1. The molecule has 1 fully saturated rings. The number of hydrogen-bond acceptors (Lipinski definition) is 5. The van der Waals surface area contributed by atoms with E-state index in [1.807, 2.05) is 30.3 Å². The molecule has 2 aromatic rings. The van der Waals surface area contributed by atoms with E-state index < -0.39 is 27.0 Å². The summed E-state index contributed by atoms with van der Waals surface area (Å²) >= 11 is 0. The zero-order valence-corrected chi connectivity index (χ0v) is 19.3. The van der Waals surface area contributed by atoms with Crippen molar-refractivity contribution in [2.45, 2.75) is 31.7 Å². The van der Waals surface area contributed by atoms with E-state index in [-0.39, 0.29) is 29.4 Å². The number of hydrogen-bond donors (Lipinski definition) is 0. The molecule has 176 valence electrons. The number of rotatable bonds is 6. The summed E-state index contributed by atoms with van der Waals surface area (Å²) in [6, 6.07) is 12.7. The Hall–Kier alpha value is -2.65. The van der Waals surface area contributed by atoms with E-state index in [4.69, 9.17) is 0 Å². The molecule has 0 N–H and O–H groups in total. The standard InChI is InChI=1S/C24H27F2N3O3S/c1-18(30)29-24(19-6-3-2-4-7-19,10-5-11-28-12-14-33(31,32)15-13-28)17-23(27-29)21-16-20(25)8-9-22(21)26/h2-4,6-9,16H,5,10-15,17H2,1H3/t24-/m0/s1. The molecule has 0 radical (unpaired) electrons. The predicted molar refractivity (Wildman–Crippen MR) is 122 cm³/mol. The van der Waals surface area contributed by atoms with Crippen LogP contribution in [0.3, 0.4) is 0 Å². The van der Waals surface area contributed by atoms with Gasteiger partial charge in [0, 0.05) is 32.0 Å². The summed E-state index contributed by atoms with van der Waals surface area (Å²) in [6.45, 7) is 3.09. The summed E-state index contributed by atoms with van der Waals surface area (Å²) in [6.07, 6.45) is 1.49. The van der Waals surface area contributed by atoms with Crippen LogP contribution in [0.1, 0.15) is 37.3 Å². The van der Waals surface area contributed by atoms with Crippen LogP contribution in [0.15, 0.2) is 53.6 Å². The molecule has 1 atom stereocenters. The zero-order valence-electron chi connectivity index (χ0n) is 18.5. The van der Waals surface area contributed by atoms with E-state index in [0.717, 1.165) is 23.8 Å². The van der Waals surface area contributed by atoms with E-state index >= 15 is 0 Å². The second kappa shape index (κ2) is 9.30. The number of carbonyl (C=O) groups excluding carboxylic acids is 1. The van der Waals surface area contributed by atoms with Gasteiger partial charge < -0.3 is 4.90 Å². The van der Waals surface area contributed by atoms with Crippen LogP contribution in [-0.2, 0) is 20.2 Å². The monoisotopic (exact) mass is 475 g/mol. The second-order valence-corrected chi connectivity index (χ2v) is 11.0. The van der Waals surface area contributed by atoms with E-state index in [2.05, 4.69) is 10.0 Å². The fourth-order valence-corrected chi connectivity index (χ4v) is 6.00. The molecular formula is C24H27F2N3O3S. The molecule has 0 saturated carbocycles. The molecule has 0 spiro atoms. The maximum atomic E-state index is 14.6. The van der Waals surface area contributed by atoms with Crippen molar-refractivity contribution in [3.8, 4) is 0 Å². The summed E-state index contributed by atoms with van der Waals surface area (Å²) in [4.78, 5) is 14.8. The Morgan fingerprint density at radius 1 is 1.09 bits per heavy atom. The highest BCUT2D eigenvalue weighted by Crippen LogP contribution is 2.43. The van der Waals surface area contributed by atoms with Gasteiger partial charge in [-0.15, -0.1) is 0 Å². The summed E-state index contributed by atoms with van der Waals surface area (Å²) in [5, 5.41) is 5.88. The quantitative estimate of drug-likeness (QED) is 0.643. The fraction of sp³-hybridized carbons (Fsp3) is 0.417. The lowest BCUT2D eigenvalue weighted by Crippen LogP contribution is -2.44. The largest absolute Gasteiger partial charge is 0.301 e. The molecule has 2 heterocycles. The van der Waals surface area contributed by atoms with Crippen molar-refractivity contribution in [1.29, 1.82) is 0 Å². The molecule has 2 aliphatic heterocycles. The van der Waals surface area contributed by atoms with E-state index in [0.29, 0.717) is 38.2 Å². The minimum absolute atomic E-state index is 0.0558. The third kappa shape index (κ3) is 4.99. The number of hydrazone groups is 1. The first-order valence-corrected chi connectivity index (χ1v) is 12.8. The highest BCUT2D eigenvalue weighted by atomic mass is 32.2. The normalized spacial score (nSPS) is 22.9. The molecule has 0 aromatic heterocycles. The van der Waals surface area contributed by atoms with Gasteiger partial charge in [-0.05, 0) is 43.1 Å². The van der Waals surface area contributed by atoms with Gasteiger partial charge in [-0.1, -0.05) is 30.3 Å². The molecule has 6 nitrogen and oxygen atoms in total. The van der Waals surface area contributed by atoms with Crippen LogP contribution >= 0.6 is 0 Å². The zero-order chi connectivity index (χ0) is 23.6. The number of carbonyl (C=O) groups is 1. The smallest absolute Gasteiger partial charge is 0.240 e. The fourth-order valence-electron chi connectivity index (χ4n) is 4.72. The lowest BCUT2D eigenvalue weighted by Gasteiger charge is -2.37. The summed E-state index contributed by atoms with van der Waals surface area (Å²) in [5.41, 5.74) is 0.427. The number of nitrogens with zero attached hydrogens (tertiary/aromatic N) is 3. The van der Waals surface area contributed by atoms with Crippen molar-refractivity contribution < 1.29 is 22.0 Å². The molecule has 2 aliphatic rings. The summed E-state index contributed by atoms with van der Waals surface area (Å²) in [5.74, 6) is -1.13. The average Bonchev–Trinajstić information content (AvgIpc) is 3.18. The first kappa shape index (κ1) is 23.5. The van der Waals surface area contributed by atoms with Crippen LogP contribution in [-0.4, -0.2) is 61.1 Å². The molecule has 1 saturated heterocycles. The minimum Gasteiger partial charge on any atom is -0.301 e. The first-order valence-electron chi connectivity index (χ1n) is 11.0. The number of halogens is 2. The Kier molecular flexibility index (Phi) is 6.63. The molecule has 0 unspecified atom stereocenters. The third-order valence-electron chi connectivity index (χ3n) is 6.44. The van der Waals surface area contributed by atoms with E-state index in [1.54, 1.807) is 0 Å². The van der Waals surface area contributed by atoms with Gasteiger partial charge in [-0.3, -0.25) is 4.79 Å². The maximum absolute atomic E-state index is 14.6. The lowest BCUT2D eigenvalue weighted by atomic mass is 9.80. The highest BCUT2D eigenvalue weighted by Gasteiger charge is 2.46. The van der Waals surface area contributed by atoms with Gasteiger partial charge in [0.15, 0.2) is 9.84 Å². The molecule has 0 bridgehead atoms. The van der Waals surface area contributed by atoms with E-state index in [9.17, 15) is 22.0 Å². The van der Waals surface area contributed by atoms with Gasteiger partial charge in [-0.25, -0.2) is 22.2 Å². The Morgan fingerprint density at radius 2 is 1.79 bits per heavy atom. The Morgan fingerprint density at radius 3 is 2.45 bits per heavy atom. The van der Waals surface area contributed by atoms with Crippen LogP contribution < -0.4 is 0 Å². The van der Waals surface area contributed by atoms with Gasteiger partial charge in [0.1, 0.15) is 11.6 Å². The van der Waals surface area contributed by atoms with Crippen LogP contribution in [0, 0.1) is 11.6 Å². The van der Waals surface area contributed by atoms with Crippen molar-refractivity contribution in [2.75, 3.05) is 31.1 Å². The molecule has 4 rings (SSSR count). The summed E-state index contributed by atoms with van der Waals surface area (Å²) < 4.78 is 51.9. The molecular weight excluding hydrogens is 448 g/mol. The van der Waals surface area contributed by atoms with Crippen molar-refractivity contribution in [2.24, 2.45) is 5.10 Å². The third-order valence-corrected chi connectivity index (χ3v) is 8.05. The van der Waals surface area contributed by atoms with Gasteiger partial charge >= 0.3 is 0 Å². The molecule has 1 amide bonds. The van der Waals surface area contributed by atoms with E-state index in [1.165, 1.54) is 11.9 Å². The van der Waals surface area contributed by atoms with Gasteiger partial charge in [0.05, 0.1) is 22.8 Å². The van der Waals surface area contributed by atoms with Crippen LogP contribution in [0.4, 0.5) is 8.78 Å². The van der Waals surface area contributed by atoms with Gasteiger partial charge in [0.25, 0.3) is 0 Å². The lowest BCUT2D eigenvalue weighted by molar-refractivity contribution is -0.135. The van der Waals surface area contributed by atoms with Crippen molar-refractivity contribution >= 4 is 21.5 Å². The number of benzene rings is 2. The first-order chi connectivity index (χ1) is 15.7. The topological polar surface area (TPSA) is 70.1 Å². The molecule has 2 aromatic carbocycles. The predicted octanol–water partition coefficient (Wildman–Crippen LogP) is 3.33. The van der Waals surface area contributed by atoms with Crippen LogP contribution in [0.25, 0.3) is 0 Å². The number of sulfone groups is 1. The van der Waals surface area contributed by atoms with Crippen molar-refractivity contribution in [3.05, 3.63) is 71.3 Å². The maximum Gasteiger partial charge on any atom is 0.240 e. The molecule has 0 aliphatic carbocycles. The Bertz CT molecular complexity index is 1160. The van der Waals surface area contributed by atoms with Crippen molar-refractivity contribution in [1.82, 2.24) is 9.91 Å². The molecule has 9 heteroatoms. The van der Waals surface area contributed by atoms with Crippen molar-refractivity contribution in [3.63, 3.8) is 0 Å². The minimum atomic E-state index is -2.96. The highest BCUT2D eigenvalue weighted by molar-refractivity contribution is 7.91. The van der Waals surface area contributed by atoms with Gasteiger partial charge in [0.2, 0.25) is 5.91 Å². The Labute approximate surface area is 192 Å². The second-order valence-electron chi connectivity index (χ2n) is 8.67. The Balaban J connectivity index is 1.62. The molecule has 33 heavy (non-hydrogen) atoms. The van der Waals surface area contributed by atoms with Crippen LogP contribution in [0.2, 0.25) is 0 Å². The van der Waals surface area contributed by atoms with Crippen LogP contribution in [0.5, 0.6) is 0 Å². The summed E-state index contributed by atoms with van der Waals surface area (Å²) in [7, 11) is -2.96.